The van der Waals surface area contributed by atoms with Gasteiger partial charge in [0, 0.05) is 13.1 Å². The summed E-state index contributed by atoms with van der Waals surface area (Å²) in [4.78, 5) is 12.7. The van der Waals surface area contributed by atoms with Crippen molar-refractivity contribution in [2.75, 3.05) is 19.6 Å². The summed E-state index contributed by atoms with van der Waals surface area (Å²) in [7, 11) is 0. The Morgan fingerprint density at radius 3 is 2.46 bits per heavy atom. The predicted octanol–water partition coefficient (Wildman–Crippen LogP) is 1.61. The summed E-state index contributed by atoms with van der Waals surface area (Å²) >= 11 is 0. The van der Waals surface area contributed by atoms with E-state index in [1.165, 1.54) is 0 Å². The van der Waals surface area contributed by atoms with Crippen LogP contribution in [0, 0.1) is 5.92 Å². The number of carboxylic acid groups (broad SMARTS) is 1. The fourth-order valence-corrected chi connectivity index (χ4v) is 1.15. The van der Waals surface area contributed by atoms with Crippen molar-refractivity contribution in [2.45, 2.75) is 20.8 Å². The molecule has 0 aliphatic carbocycles. The summed E-state index contributed by atoms with van der Waals surface area (Å²) in [6.07, 6.45) is 0. The number of hydrogen-bond donors (Lipinski definition) is 1. The molecule has 0 rings (SSSR count). The van der Waals surface area contributed by atoms with Crippen molar-refractivity contribution in [3.8, 4) is 0 Å². The van der Waals surface area contributed by atoms with Gasteiger partial charge in [-0.3, -0.25) is 9.69 Å². The first-order valence-corrected chi connectivity index (χ1v) is 4.56. The van der Waals surface area contributed by atoms with Crippen molar-refractivity contribution in [3.05, 3.63) is 12.2 Å². The molecule has 0 saturated carbocycles. The predicted molar refractivity (Wildman–Crippen MR) is 53.7 cm³/mol. The molecular formula is C10H19NO2. The lowest BCUT2D eigenvalue weighted by molar-refractivity contribution is -0.141. The number of carbonyl (C=O) groups is 1. The Bertz CT molecular complexity index is 189. The van der Waals surface area contributed by atoms with E-state index in [-0.39, 0.29) is 5.92 Å². The molecule has 0 heterocycles. The lowest BCUT2D eigenvalue weighted by atomic mass is 10.1. The van der Waals surface area contributed by atoms with Gasteiger partial charge in [0.25, 0.3) is 0 Å². The van der Waals surface area contributed by atoms with Gasteiger partial charge in [-0.15, -0.1) is 0 Å². The van der Waals surface area contributed by atoms with Gasteiger partial charge in [-0.05, 0) is 13.5 Å². The summed E-state index contributed by atoms with van der Waals surface area (Å²) in [5, 5.41) is 8.71. The van der Waals surface area contributed by atoms with Gasteiger partial charge in [-0.25, -0.2) is 0 Å². The Labute approximate surface area is 80.0 Å². The van der Waals surface area contributed by atoms with Crippen LogP contribution in [-0.2, 0) is 4.79 Å². The molecule has 0 bridgehead atoms. The topological polar surface area (TPSA) is 40.5 Å². The first kappa shape index (κ1) is 12.2. The highest BCUT2D eigenvalue weighted by Crippen LogP contribution is 2.02. The second-order valence-corrected chi connectivity index (χ2v) is 3.52. The third kappa shape index (κ3) is 5.42. The fraction of sp³-hybridized carbons (Fsp3) is 0.700. The molecule has 0 amide bonds. The van der Waals surface area contributed by atoms with E-state index in [9.17, 15) is 4.79 Å². The molecule has 0 aliphatic heterocycles. The van der Waals surface area contributed by atoms with Crippen molar-refractivity contribution in [3.63, 3.8) is 0 Å². The maximum absolute atomic E-state index is 10.6. The zero-order valence-electron chi connectivity index (χ0n) is 8.71. The zero-order chi connectivity index (χ0) is 10.4. The van der Waals surface area contributed by atoms with E-state index in [2.05, 4.69) is 11.5 Å². The van der Waals surface area contributed by atoms with Crippen LogP contribution in [0.5, 0.6) is 0 Å². The fourth-order valence-electron chi connectivity index (χ4n) is 1.15. The highest BCUT2D eigenvalue weighted by Gasteiger charge is 2.14. The zero-order valence-corrected chi connectivity index (χ0v) is 8.71. The van der Waals surface area contributed by atoms with Crippen LogP contribution >= 0.6 is 0 Å². The van der Waals surface area contributed by atoms with Crippen molar-refractivity contribution in [1.29, 1.82) is 0 Å². The Kier molecular flexibility index (Phi) is 5.39. The van der Waals surface area contributed by atoms with E-state index in [1.807, 2.05) is 13.8 Å². The molecule has 0 aliphatic rings. The van der Waals surface area contributed by atoms with Gasteiger partial charge < -0.3 is 5.11 Å². The minimum atomic E-state index is -0.736. The number of nitrogens with zero attached hydrogens (tertiary/aromatic N) is 1. The second kappa shape index (κ2) is 5.75. The highest BCUT2D eigenvalue weighted by atomic mass is 16.4. The SMILES string of the molecule is C=C(C)CN(CC)CC(C)C(=O)O. The molecule has 1 N–H and O–H groups in total. The largest absolute Gasteiger partial charge is 0.481 e. The third-order valence-corrected chi connectivity index (χ3v) is 1.89. The van der Waals surface area contributed by atoms with Crippen molar-refractivity contribution < 1.29 is 9.90 Å². The monoisotopic (exact) mass is 185 g/mol. The molecule has 0 aromatic carbocycles. The lowest BCUT2D eigenvalue weighted by Gasteiger charge is -2.22. The van der Waals surface area contributed by atoms with Crippen LogP contribution < -0.4 is 0 Å². The van der Waals surface area contributed by atoms with E-state index < -0.39 is 5.97 Å². The Balaban J connectivity index is 3.97. The van der Waals surface area contributed by atoms with Crippen LogP contribution in [-0.4, -0.2) is 35.6 Å². The first-order valence-electron chi connectivity index (χ1n) is 4.56. The van der Waals surface area contributed by atoms with Crippen LogP contribution in [0.25, 0.3) is 0 Å². The van der Waals surface area contributed by atoms with E-state index >= 15 is 0 Å². The maximum Gasteiger partial charge on any atom is 0.307 e. The standard InChI is InChI=1S/C10H19NO2/c1-5-11(6-8(2)3)7-9(4)10(12)13/h9H,2,5-7H2,1,3-4H3,(H,12,13). The average Bonchev–Trinajstić information content (AvgIpc) is 2.02. The molecular weight excluding hydrogens is 166 g/mol. The quantitative estimate of drug-likeness (QED) is 0.639. The molecule has 0 radical (unpaired) electrons. The number of likely N-dealkylation sites (N-methyl/N-ethyl adjacent to an activating group) is 1. The van der Waals surface area contributed by atoms with Gasteiger partial charge in [-0.1, -0.05) is 26.0 Å². The summed E-state index contributed by atoms with van der Waals surface area (Å²) in [6, 6.07) is 0. The molecule has 76 valence electrons. The lowest BCUT2D eigenvalue weighted by Crippen LogP contribution is -2.32. The smallest absolute Gasteiger partial charge is 0.307 e. The van der Waals surface area contributed by atoms with Gasteiger partial charge in [0.2, 0.25) is 0 Å². The van der Waals surface area contributed by atoms with Crippen molar-refractivity contribution >= 4 is 5.97 Å². The van der Waals surface area contributed by atoms with E-state index in [0.717, 1.165) is 18.7 Å². The van der Waals surface area contributed by atoms with Gasteiger partial charge >= 0.3 is 5.97 Å². The minimum Gasteiger partial charge on any atom is -0.481 e. The summed E-state index contributed by atoms with van der Waals surface area (Å²) in [6.45, 7) is 11.8. The molecule has 1 unspecified atom stereocenters. The number of rotatable bonds is 6. The van der Waals surface area contributed by atoms with E-state index in [0.29, 0.717) is 6.54 Å². The molecule has 0 spiro atoms. The van der Waals surface area contributed by atoms with Crippen LogP contribution in [0.3, 0.4) is 0 Å². The molecule has 0 saturated heterocycles. The maximum atomic E-state index is 10.6. The van der Waals surface area contributed by atoms with Gasteiger partial charge in [-0.2, -0.15) is 0 Å². The normalized spacial score (nSPS) is 12.9. The molecule has 0 fully saturated rings. The minimum absolute atomic E-state index is 0.306. The van der Waals surface area contributed by atoms with Crippen LogP contribution in [0.1, 0.15) is 20.8 Å². The summed E-state index contributed by atoms with van der Waals surface area (Å²) < 4.78 is 0. The Morgan fingerprint density at radius 1 is 1.62 bits per heavy atom. The molecule has 1 atom stereocenters. The Hall–Kier alpha value is -0.830. The molecule has 13 heavy (non-hydrogen) atoms. The molecule has 3 nitrogen and oxygen atoms in total. The second-order valence-electron chi connectivity index (χ2n) is 3.52. The van der Waals surface area contributed by atoms with E-state index in [1.54, 1.807) is 6.92 Å². The van der Waals surface area contributed by atoms with Crippen LogP contribution in [0.4, 0.5) is 0 Å². The third-order valence-electron chi connectivity index (χ3n) is 1.89. The van der Waals surface area contributed by atoms with Gasteiger partial charge in [0.1, 0.15) is 0 Å². The molecule has 0 aromatic rings. The molecule has 3 heteroatoms. The Morgan fingerprint density at radius 2 is 2.15 bits per heavy atom. The summed E-state index contributed by atoms with van der Waals surface area (Å²) in [5.74, 6) is -1.04. The number of aliphatic carboxylic acids is 1. The van der Waals surface area contributed by atoms with Crippen LogP contribution in [0.15, 0.2) is 12.2 Å². The highest BCUT2D eigenvalue weighted by molar-refractivity contribution is 5.69. The van der Waals surface area contributed by atoms with Crippen LogP contribution in [0.2, 0.25) is 0 Å². The van der Waals surface area contributed by atoms with E-state index in [4.69, 9.17) is 5.11 Å². The average molecular weight is 185 g/mol. The van der Waals surface area contributed by atoms with Crippen molar-refractivity contribution in [2.24, 2.45) is 5.92 Å². The number of hydrogen-bond acceptors (Lipinski definition) is 2. The van der Waals surface area contributed by atoms with Gasteiger partial charge in [0.05, 0.1) is 5.92 Å². The van der Waals surface area contributed by atoms with Crippen molar-refractivity contribution in [1.82, 2.24) is 4.90 Å². The summed E-state index contributed by atoms with van der Waals surface area (Å²) in [5.41, 5.74) is 1.07. The number of carboxylic acids is 1. The van der Waals surface area contributed by atoms with Gasteiger partial charge in [0.15, 0.2) is 0 Å². The first-order chi connectivity index (χ1) is 5.97. The molecule has 0 aromatic heterocycles.